The van der Waals surface area contributed by atoms with Gasteiger partial charge >= 0.3 is 0 Å². The Morgan fingerprint density at radius 2 is 0.536 bits per heavy atom. The van der Waals surface area contributed by atoms with Crippen LogP contribution in [0, 0.1) is 0 Å². The van der Waals surface area contributed by atoms with Crippen molar-refractivity contribution in [3.05, 3.63) is 118 Å². The van der Waals surface area contributed by atoms with Gasteiger partial charge in [-0.05, 0) is 70.8 Å². The Balaban J connectivity index is 0.000000405. The Labute approximate surface area is 578 Å². The van der Waals surface area contributed by atoms with Gasteiger partial charge in [0.25, 0.3) is 0 Å². The number of phenolic OH excluding ortho intramolecular Hbond substituents is 1. The Morgan fingerprint density at radius 1 is 0.330 bits per heavy atom. The molecule has 0 aliphatic heterocycles. The third-order valence-electron chi connectivity index (χ3n) is 14.5. The van der Waals surface area contributed by atoms with Gasteiger partial charge in [0.2, 0.25) is 46.8 Å². The largest absolute Gasteiger partial charge is 0.502 e. The number of hydrogen-bond donors (Lipinski definition) is 9. The second-order valence-electron chi connectivity index (χ2n) is 20.9. The maximum absolute atomic E-state index is 9.85. The quantitative estimate of drug-likeness (QED) is 0.0203. The fraction of sp³-hybridized carbons (Fsp3) is 0.375. The van der Waals surface area contributed by atoms with Gasteiger partial charge in [0.15, 0.2) is 46.0 Å². The van der Waals surface area contributed by atoms with Crippen LogP contribution < -0.4 is 98.0 Å². The van der Waals surface area contributed by atoms with Crippen molar-refractivity contribution in [1.29, 1.82) is 0 Å². The number of nitrogens with two attached hydrogens (primary N) is 8. The summed E-state index contributed by atoms with van der Waals surface area (Å²) < 4.78 is 64.0. The van der Waals surface area contributed by atoms with Crippen molar-refractivity contribution in [2.45, 2.75) is 25.7 Å². The highest BCUT2D eigenvalue weighted by atomic mass is 35.5. The van der Waals surface area contributed by atoms with Crippen molar-refractivity contribution in [3.8, 4) is 69.0 Å². The zero-order chi connectivity index (χ0) is 70.6. The first-order valence-electron chi connectivity index (χ1n) is 29.9. The zero-order valence-corrected chi connectivity index (χ0v) is 57.7. The number of methoxy groups -OCH3 is 8. The number of nitrogens with zero attached hydrogens (tertiary/aromatic N) is 10. The van der Waals surface area contributed by atoms with E-state index in [-0.39, 0.29) is 66.8 Å². The fourth-order valence-corrected chi connectivity index (χ4v) is 10.3. The molecule has 0 bridgehead atoms. The van der Waals surface area contributed by atoms with E-state index in [1.54, 1.807) is 79.6 Å². The molecule has 0 saturated heterocycles. The molecule has 0 amide bonds. The lowest BCUT2D eigenvalue weighted by molar-refractivity contribution is 0.145. The van der Waals surface area contributed by atoms with Crippen LogP contribution in [0.2, 0.25) is 0 Å². The highest BCUT2D eigenvalue weighted by molar-refractivity contribution is 6.18. The number of rotatable bonds is 34. The van der Waals surface area contributed by atoms with E-state index in [9.17, 15) is 5.11 Å². The maximum Gasteiger partial charge on any atom is 0.221 e. The molecule has 0 saturated carbocycles. The van der Waals surface area contributed by atoms with Gasteiger partial charge in [-0.1, -0.05) is 0 Å². The zero-order valence-electron chi connectivity index (χ0n) is 55.4. The summed E-state index contributed by atoms with van der Waals surface area (Å²) in [6.07, 6.45) is 8.04. The molecule has 0 spiro atoms. The van der Waals surface area contributed by atoms with E-state index in [1.807, 2.05) is 36.4 Å². The number of alkyl halides is 3. The lowest BCUT2D eigenvalue weighted by Gasteiger charge is -2.25. The summed E-state index contributed by atoms with van der Waals surface area (Å²) in [7, 11) is 12.3. The number of aromatic nitrogens is 8. The number of halogens is 3. The minimum Gasteiger partial charge on any atom is -0.502 e. The van der Waals surface area contributed by atoms with Crippen LogP contribution in [0.25, 0.3) is 0 Å². The average molecular weight is 1400 g/mol. The molecule has 524 valence electrons. The SMILES string of the molecule is COc1cc(Cc2cnc(N)nc2N)cc(OC)c1O.COc1cc(Cc2cnc(N)nc2N)cc(OC)c1OCCN(CCOc1c(OC)cc(Cc2cnc(N)nc2N)cc1OC)CCOc1c(OC)cc(Cc2cnc(N)nc2N)cc1OC.ClCCN(CCCl)CCCl. The Morgan fingerprint density at radius 3 is 0.732 bits per heavy atom. The van der Waals surface area contributed by atoms with Crippen LogP contribution in [0.5, 0.6) is 69.0 Å². The Hall–Kier alpha value is -10.0. The van der Waals surface area contributed by atoms with Crippen molar-refractivity contribution in [2.75, 3.05) is 179 Å². The number of phenols is 1. The number of ether oxygens (including phenoxy) is 11. The van der Waals surface area contributed by atoms with Gasteiger partial charge in [0.1, 0.15) is 43.1 Å². The molecule has 8 rings (SSSR count). The lowest BCUT2D eigenvalue weighted by atomic mass is 10.1. The van der Waals surface area contributed by atoms with Gasteiger partial charge in [0.05, 0.1) is 56.9 Å². The van der Waals surface area contributed by atoms with E-state index in [4.69, 9.17) is 133 Å². The van der Waals surface area contributed by atoms with Gasteiger partial charge in [-0.3, -0.25) is 9.80 Å². The Kier molecular flexibility index (Phi) is 30.2. The smallest absolute Gasteiger partial charge is 0.221 e. The molecule has 0 radical (unpaired) electrons. The van der Waals surface area contributed by atoms with Crippen LogP contribution in [0.15, 0.2) is 73.3 Å². The van der Waals surface area contributed by atoms with Gasteiger partial charge < -0.3 is 103 Å². The van der Waals surface area contributed by atoms with Gasteiger partial charge in [-0.25, -0.2) is 19.9 Å². The summed E-state index contributed by atoms with van der Waals surface area (Å²) in [5, 5.41) is 9.85. The molecular weight excluding hydrogens is 1320 g/mol. The molecule has 0 unspecified atom stereocenters. The summed E-state index contributed by atoms with van der Waals surface area (Å²) >= 11 is 16.6. The number of benzene rings is 4. The van der Waals surface area contributed by atoms with Crippen LogP contribution >= 0.6 is 34.8 Å². The highest BCUT2D eigenvalue weighted by Gasteiger charge is 2.22. The predicted octanol–water partition coefficient (Wildman–Crippen LogP) is 6.17. The van der Waals surface area contributed by atoms with Crippen molar-refractivity contribution in [3.63, 3.8) is 0 Å². The highest BCUT2D eigenvalue weighted by Crippen LogP contribution is 2.43. The molecular formula is C64H85Cl3N18O12. The molecule has 0 aliphatic carbocycles. The number of nitrogen functional groups attached to an aromatic ring is 8. The molecule has 33 heteroatoms. The lowest BCUT2D eigenvalue weighted by Crippen LogP contribution is -2.35. The predicted molar refractivity (Wildman–Crippen MR) is 376 cm³/mol. The third-order valence-corrected chi connectivity index (χ3v) is 15.0. The topological polar surface area (TPSA) is 440 Å². The maximum atomic E-state index is 9.85. The van der Waals surface area contributed by atoms with Crippen molar-refractivity contribution >= 4 is 81.9 Å². The van der Waals surface area contributed by atoms with E-state index in [1.165, 1.54) is 14.2 Å². The normalized spacial score (nSPS) is 10.8. The van der Waals surface area contributed by atoms with E-state index < -0.39 is 0 Å². The molecule has 0 atom stereocenters. The van der Waals surface area contributed by atoms with Crippen molar-refractivity contribution < 1.29 is 57.2 Å². The molecule has 4 heterocycles. The third kappa shape index (κ3) is 22.3. The van der Waals surface area contributed by atoms with Crippen LogP contribution in [-0.2, 0) is 25.7 Å². The first-order chi connectivity index (χ1) is 46.7. The Bertz CT molecular complexity index is 3440. The van der Waals surface area contributed by atoms with Crippen molar-refractivity contribution in [2.24, 2.45) is 0 Å². The van der Waals surface area contributed by atoms with Gasteiger partial charge in [-0.2, -0.15) is 19.9 Å². The number of hydrogen-bond acceptors (Lipinski definition) is 30. The van der Waals surface area contributed by atoms with Gasteiger partial charge in [0, 0.05) is 130 Å². The molecule has 4 aromatic heterocycles. The van der Waals surface area contributed by atoms with E-state index in [2.05, 4.69) is 49.7 Å². The molecule has 17 N–H and O–H groups in total. The minimum atomic E-state index is -0.0414. The first-order valence-corrected chi connectivity index (χ1v) is 31.5. The minimum absolute atomic E-state index is 0.0414. The van der Waals surface area contributed by atoms with Crippen molar-refractivity contribution in [1.82, 2.24) is 49.7 Å². The second kappa shape index (κ2) is 38.5. The first kappa shape index (κ1) is 76.0. The molecule has 0 fully saturated rings. The van der Waals surface area contributed by atoms with E-state index in [0.29, 0.717) is 149 Å². The van der Waals surface area contributed by atoms with E-state index >= 15 is 0 Å². The summed E-state index contributed by atoms with van der Waals surface area (Å²) in [5.74, 6) is 8.20. The van der Waals surface area contributed by atoms with Crippen LogP contribution in [0.1, 0.15) is 44.5 Å². The molecule has 0 aliphatic rings. The average Bonchev–Trinajstić information content (AvgIpc) is 0.871. The van der Waals surface area contributed by atoms with Gasteiger partial charge in [-0.15, -0.1) is 34.8 Å². The van der Waals surface area contributed by atoms with Crippen LogP contribution in [0.3, 0.4) is 0 Å². The second-order valence-corrected chi connectivity index (χ2v) is 22.0. The standard InChI is InChI=1S/C45H57N13O9.C13H16N4O3.C6H12Cl3N/c1-59-31-16-25(13-28-22-52-43(49)55-40(28)46)17-32(60-2)37(31)65-10-7-58(8-11-66-38-33(61-3)18-26(19-34(38)62-4)14-29-23-53-44(50)56-41(29)47)9-12-67-39-35(63-5)20-27(21-36(39)64-6)15-30-24-54-45(51)57-42(30)48;1-19-9-4-7(5-10(20-2)11(9)18)3-8-6-16-13(15)17-12(8)14;7-1-4-10(5-2-8)6-3-9/h16-24H,7-15H2,1-6H3,(H4,46,49,52,55)(H4,47,50,53,56)(H4,48,51,54,57);4-6,18H,3H2,1-2H3,(H4,14,15,16,17);1-6H2. The summed E-state index contributed by atoms with van der Waals surface area (Å²) in [4.78, 5) is 36.5. The fourth-order valence-electron chi connectivity index (χ4n) is 9.61. The number of aromatic hydroxyl groups is 1. The summed E-state index contributed by atoms with van der Waals surface area (Å²) in [6, 6.07) is 14.5. The molecule has 8 aromatic rings. The van der Waals surface area contributed by atoms with E-state index in [0.717, 1.165) is 47.5 Å². The number of anilines is 8. The summed E-state index contributed by atoms with van der Waals surface area (Å²) in [6.45, 7) is 4.59. The molecule has 97 heavy (non-hydrogen) atoms. The van der Waals surface area contributed by atoms with Crippen LogP contribution in [-0.4, -0.2) is 188 Å². The molecule has 4 aromatic carbocycles. The van der Waals surface area contributed by atoms with Crippen LogP contribution in [0.4, 0.5) is 47.1 Å². The molecule has 30 nitrogen and oxygen atoms in total. The summed E-state index contributed by atoms with van der Waals surface area (Å²) in [5.41, 5.74) is 52.9. The monoisotopic (exact) mass is 1400 g/mol.